The number of terminal acetylenes is 1. The fourth-order valence-electron chi connectivity index (χ4n) is 4.51. The molecule has 5 rings (SSSR count). The number of para-hydroxylation sites is 1. The normalized spacial score (nSPS) is 15.7. The number of pyridine rings is 1. The third-order valence-corrected chi connectivity index (χ3v) is 6.06. The molecule has 2 aromatic heterocycles. The monoisotopic (exact) mass is 453 g/mol. The van der Waals surface area contributed by atoms with Crippen LogP contribution in [0.25, 0.3) is 16.7 Å². The van der Waals surface area contributed by atoms with E-state index < -0.39 is 0 Å². The molecule has 0 spiro atoms. The van der Waals surface area contributed by atoms with Gasteiger partial charge >= 0.3 is 5.69 Å². The molecule has 0 aliphatic carbocycles. The van der Waals surface area contributed by atoms with E-state index in [2.05, 4.69) is 10.9 Å². The van der Waals surface area contributed by atoms with Gasteiger partial charge in [-0.15, -0.1) is 6.42 Å². The Morgan fingerprint density at radius 3 is 2.56 bits per heavy atom. The van der Waals surface area contributed by atoms with Crippen molar-refractivity contribution in [2.75, 3.05) is 18.8 Å². The number of nitrogens with zero attached hydrogens (tertiary/aromatic N) is 4. The number of imidazole rings is 1. The lowest BCUT2D eigenvalue weighted by Gasteiger charge is -2.32. The standard InChI is InChI=1S/C26H23N5O3/c1-2-23(32)29-16-6-7-19(17-29)30-22-14-15-28-25(27)24(22)31(26(30)33)18-10-12-21(13-11-18)34-20-8-4-3-5-9-20/h1,3-5,8-15,19H,6-7,16-17H2,(H2,27,28)/t19-/m1/s1. The number of anilines is 1. The lowest BCUT2D eigenvalue weighted by atomic mass is 10.1. The minimum absolute atomic E-state index is 0.218. The maximum absolute atomic E-state index is 13.7. The smallest absolute Gasteiger partial charge is 0.334 e. The highest BCUT2D eigenvalue weighted by molar-refractivity contribution is 5.93. The molecular formula is C26H23N5O3. The van der Waals surface area contributed by atoms with Crippen LogP contribution in [0.2, 0.25) is 0 Å². The molecule has 0 saturated carbocycles. The first-order chi connectivity index (χ1) is 16.6. The maximum atomic E-state index is 13.7. The van der Waals surface area contributed by atoms with Gasteiger partial charge in [0.2, 0.25) is 0 Å². The zero-order valence-corrected chi connectivity index (χ0v) is 18.4. The SMILES string of the molecule is C#CC(=O)N1CCC[C@@H](n2c(=O)n(-c3ccc(Oc4ccccc4)cc3)c3c(N)nccc32)C1. The topological polar surface area (TPSA) is 95.4 Å². The molecule has 8 nitrogen and oxygen atoms in total. The summed E-state index contributed by atoms with van der Waals surface area (Å²) in [6.45, 7) is 0.952. The molecule has 1 fully saturated rings. The molecule has 3 heterocycles. The summed E-state index contributed by atoms with van der Waals surface area (Å²) in [5.74, 6) is 3.43. The number of nitrogens with two attached hydrogens (primary N) is 1. The van der Waals surface area contributed by atoms with Gasteiger partial charge < -0.3 is 15.4 Å². The highest BCUT2D eigenvalue weighted by atomic mass is 16.5. The first-order valence-corrected chi connectivity index (χ1v) is 11.0. The van der Waals surface area contributed by atoms with E-state index in [9.17, 15) is 9.59 Å². The molecule has 1 atom stereocenters. The number of amides is 1. The lowest BCUT2D eigenvalue weighted by molar-refractivity contribution is -0.126. The van der Waals surface area contributed by atoms with E-state index in [1.165, 1.54) is 0 Å². The molecule has 1 aliphatic heterocycles. The van der Waals surface area contributed by atoms with Gasteiger partial charge in [0, 0.05) is 19.3 Å². The predicted molar refractivity (Wildman–Crippen MR) is 130 cm³/mol. The summed E-state index contributed by atoms with van der Waals surface area (Å²) in [4.78, 5) is 31.6. The van der Waals surface area contributed by atoms with Crippen molar-refractivity contribution in [1.82, 2.24) is 19.0 Å². The molecule has 170 valence electrons. The van der Waals surface area contributed by atoms with Crippen molar-refractivity contribution in [2.45, 2.75) is 18.9 Å². The Labute approximate surface area is 196 Å². The molecule has 0 radical (unpaired) electrons. The molecule has 1 aliphatic rings. The molecule has 2 aromatic carbocycles. The summed E-state index contributed by atoms with van der Waals surface area (Å²) >= 11 is 0. The van der Waals surface area contributed by atoms with Crippen molar-refractivity contribution < 1.29 is 9.53 Å². The zero-order valence-electron chi connectivity index (χ0n) is 18.4. The van der Waals surface area contributed by atoms with E-state index in [-0.39, 0.29) is 23.5 Å². The number of rotatable bonds is 4. The van der Waals surface area contributed by atoms with Gasteiger partial charge in [0.15, 0.2) is 0 Å². The number of piperidine rings is 1. The van der Waals surface area contributed by atoms with Gasteiger partial charge in [-0.05, 0) is 61.2 Å². The van der Waals surface area contributed by atoms with Gasteiger partial charge in [0.25, 0.3) is 5.91 Å². The third-order valence-electron chi connectivity index (χ3n) is 6.06. The number of aromatic nitrogens is 3. The summed E-state index contributed by atoms with van der Waals surface area (Å²) in [7, 11) is 0. The van der Waals surface area contributed by atoms with Crippen LogP contribution in [0.1, 0.15) is 18.9 Å². The van der Waals surface area contributed by atoms with Crippen LogP contribution in [0.5, 0.6) is 11.5 Å². The quantitative estimate of drug-likeness (QED) is 0.478. The highest BCUT2D eigenvalue weighted by Gasteiger charge is 2.28. The number of hydrogen-bond acceptors (Lipinski definition) is 5. The zero-order chi connectivity index (χ0) is 23.7. The second-order valence-electron chi connectivity index (χ2n) is 8.15. The molecule has 0 bridgehead atoms. The van der Waals surface area contributed by atoms with E-state index in [1.54, 1.807) is 38.4 Å². The van der Waals surface area contributed by atoms with E-state index in [0.29, 0.717) is 35.6 Å². The van der Waals surface area contributed by atoms with Crippen molar-refractivity contribution in [3.63, 3.8) is 0 Å². The fraction of sp³-hybridized carbons (Fsp3) is 0.192. The average molecular weight is 454 g/mol. The van der Waals surface area contributed by atoms with Crippen molar-refractivity contribution in [1.29, 1.82) is 0 Å². The summed E-state index contributed by atoms with van der Waals surface area (Å²) in [5, 5.41) is 0. The van der Waals surface area contributed by atoms with Crippen LogP contribution in [0.15, 0.2) is 71.7 Å². The van der Waals surface area contributed by atoms with E-state index in [0.717, 1.165) is 18.6 Å². The number of carbonyl (C=O) groups excluding carboxylic acids is 1. The van der Waals surface area contributed by atoms with E-state index in [4.69, 9.17) is 16.9 Å². The summed E-state index contributed by atoms with van der Waals surface area (Å²) in [5.41, 5.74) is 7.83. The molecule has 1 saturated heterocycles. The molecule has 2 N–H and O–H groups in total. The first kappa shape index (κ1) is 21.3. The number of benzene rings is 2. The van der Waals surface area contributed by atoms with Crippen LogP contribution in [0, 0.1) is 12.3 Å². The second-order valence-corrected chi connectivity index (χ2v) is 8.15. The fourth-order valence-corrected chi connectivity index (χ4v) is 4.51. The number of likely N-dealkylation sites (tertiary alicyclic amines) is 1. The van der Waals surface area contributed by atoms with E-state index >= 15 is 0 Å². The van der Waals surface area contributed by atoms with Crippen molar-refractivity contribution >= 4 is 22.8 Å². The molecule has 1 amide bonds. The van der Waals surface area contributed by atoms with Crippen LogP contribution in [-0.4, -0.2) is 38.0 Å². The minimum atomic E-state index is -0.364. The Hall–Kier alpha value is -4.51. The van der Waals surface area contributed by atoms with Crippen LogP contribution in [-0.2, 0) is 4.79 Å². The van der Waals surface area contributed by atoms with E-state index in [1.807, 2.05) is 42.5 Å². The van der Waals surface area contributed by atoms with Crippen molar-refractivity contribution in [3.05, 3.63) is 77.3 Å². The Morgan fingerprint density at radius 2 is 1.82 bits per heavy atom. The summed E-state index contributed by atoms with van der Waals surface area (Å²) in [6, 6.07) is 18.3. The second kappa shape index (κ2) is 8.79. The highest BCUT2D eigenvalue weighted by Crippen LogP contribution is 2.29. The molecule has 8 heteroatoms. The molecular weight excluding hydrogens is 430 g/mol. The maximum Gasteiger partial charge on any atom is 0.334 e. The van der Waals surface area contributed by atoms with Gasteiger partial charge in [-0.1, -0.05) is 18.2 Å². The minimum Gasteiger partial charge on any atom is -0.457 e. The number of fused-ring (bicyclic) bond motifs is 1. The van der Waals surface area contributed by atoms with Crippen molar-refractivity contribution in [2.24, 2.45) is 0 Å². The lowest BCUT2D eigenvalue weighted by Crippen LogP contribution is -2.42. The van der Waals surface area contributed by atoms with Crippen LogP contribution >= 0.6 is 0 Å². The number of ether oxygens (including phenoxy) is 1. The van der Waals surface area contributed by atoms with Crippen LogP contribution in [0.3, 0.4) is 0 Å². The molecule has 0 unspecified atom stereocenters. The van der Waals surface area contributed by atoms with Gasteiger partial charge in [0.05, 0.1) is 17.2 Å². The van der Waals surface area contributed by atoms with Gasteiger partial charge in [0.1, 0.15) is 22.8 Å². The average Bonchev–Trinajstić information content (AvgIpc) is 3.17. The Bertz CT molecular complexity index is 1450. The predicted octanol–water partition coefficient (Wildman–Crippen LogP) is 3.36. The van der Waals surface area contributed by atoms with Crippen molar-refractivity contribution in [3.8, 4) is 29.5 Å². The summed E-state index contributed by atoms with van der Waals surface area (Å²) < 4.78 is 9.14. The summed E-state index contributed by atoms with van der Waals surface area (Å²) in [6.07, 6.45) is 8.41. The number of hydrogen-bond donors (Lipinski definition) is 1. The first-order valence-electron chi connectivity index (χ1n) is 11.0. The molecule has 34 heavy (non-hydrogen) atoms. The van der Waals surface area contributed by atoms with Crippen LogP contribution in [0.4, 0.5) is 5.82 Å². The molecule has 4 aromatic rings. The van der Waals surface area contributed by atoms with Gasteiger partial charge in [-0.25, -0.2) is 9.78 Å². The van der Waals surface area contributed by atoms with Gasteiger partial charge in [-0.3, -0.25) is 13.9 Å². The Morgan fingerprint density at radius 1 is 1.09 bits per heavy atom. The number of nitrogen functional groups attached to an aromatic ring is 1. The van der Waals surface area contributed by atoms with Gasteiger partial charge in [-0.2, -0.15) is 0 Å². The number of carbonyl (C=O) groups is 1. The van der Waals surface area contributed by atoms with Crippen LogP contribution < -0.4 is 16.2 Å². The Kier molecular flexibility index (Phi) is 5.52. The largest absolute Gasteiger partial charge is 0.457 e. The third kappa shape index (κ3) is 3.77. The Balaban J connectivity index is 1.56.